The fourth-order valence-electron chi connectivity index (χ4n) is 2.96. The van der Waals surface area contributed by atoms with Gasteiger partial charge in [-0.05, 0) is 43.5 Å². The first-order chi connectivity index (χ1) is 11.6. The molecule has 0 radical (unpaired) electrons. The summed E-state index contributed by atoms with van der Waals surface area (Å²) in [5.41, 5.74) is 6.87. The van der Waals surface area contributed by atoms with Gasteiger partial charge in [-0.1, -0.05) is 24.1 Å². The number of nitrogens with two attached hydrogens (primary N) is 1. The van der Waals surface area contributed by atoms with E-state index in [0.717, 1.165) is 37.0 Å². The summed E-state index contributed by atoms with van der Waals surface area (Å²) in [4.78, 5) is 4.42. The lowest BCUT2D eigenvalue weighted by Gasteiger charge is -2.17. The maximum Gasteiger partial charge on any atom is 0.250 e. The van der Waals surface area contributed by atoms with E-state index in [-0.39, 0.29) is 0 Å². The van der Waals surface area contributed by atoms with Crippen LogP contribution in [0.25, 0.3) is 12.2 Å². The summed E-state index contributed by atoms with van der Waals surface area (Å²) in [5, 5.41) is 4.05. The molecule has 0 unspecified atom stereocenters. The van der Waals surface area contributed by atoms with Gasteiger partial charge in [0.2, 0.25) is 0 Å². The standard InChI is InChI=1S/C18H23N3O3/c1-3-23-14-8-6-13(12-15(14)22-2)7-9-16-20-17(21-24-16)18(19)10-4-5-11-18/h6-9,12H,3-5,10-11,19H2,1-2H3/b9-7+. The minimum absolute atomic E-state index is 0.433. The maximum atomic E-state index is 6.34. The molecule has 1 aliphatic carbocycles. The van der Waals surface area contributed by atoms with E-state index in [1.165, 1.54) is 0 Å². The van der Waals surface area contributed by atoms with Crippen molar-refractivity contribution >= 4 is 12.2 Å². The van der Waals surface area contributed by atoms with Crippen LogP contribution in [0.15, 0.2) is 22.7 Å². The second kappa shape index (κ2) is 7.05. The topological polar surface area (TPSA) is 83.4 Å². The summed E-state index contributed by atoms with van der Waals surface area (Å²) in [5.74, 6) is 2.47. The molecule has 0 bridgehead atoms. The van der Waals surface area contributed by atoms with Gasteiger partial charge in [0.05, 0.1) is 19.3 Å². The van der Waals surface area contributed by atoms with Crippen LogP contribution in [0.5, 0.6) is 11.5 Å². The molecule has 24 heavy (non-hydrogen) atoms. The molecule has 1 saturated carbocycles. The molecule has 2 aromatic rings. The second-order valence-corrected chi connectivity index (χ2v) is 6.00. The van der Waals surface area contributed by atoms with E-state index < -0.39 is 5.54 Å². The van der Waals surface area contributed by atoms with Crippen molar-refractivity contribution in [3.05, 3.63) is 35.5 Å². The summed E-state index contributed by atoms with van der Waals surface area (Å²) in [6.45, 7) is 2.53. The average Bonchev–Trinajstić information content (AvgIpc) is 3.24. The van der Waals surface area contributed by atoms with Crippen LogP contribution in [0.1, 0.15) is 49.9 Å². The largest absolute Gasteiger partial charge is 0.493 e. The van der Waals surface area contributed by atoms with Crippen LogP contribution in [-0.4, -0.2) is 23.9 Å². The zero-order valence-corrected chi connectivity index (χ0v) is 14.1. The summed E-state index contributed by atoms with van der Waals surface area (Å²) < 4.78 is 16.2. The van der Waals surface area contributed by atoms with Crippen LogP contribution in [0, 0.1) is 0 Å². The maximum absolute atomic E-state index is 6.34. The third-order valence-electron chi connectivity index (χ3n) is 4.29. The lowest BCUT2D eigenvalue weighted by atomic mass is 9.99. The molecule has 3 rings (SSSR count). The SMILES string of the molecule is CCOc1ccc(/C=C/c2nc(C3(N)CCCC3)no2)cc1OC. The van der Waals surface area contributed by atoms with Crippen molar-refractivity contribution in [3.8, 4) is 11.5 Å². The molecule has 128 valence electrons. The minimum Gasteiger partial charge on any atom is -0.493 e. The highest BCUT2D eigenvalue weighted by atomic mass is 16.5. The van der Waals surface area contributed by atoms with Crippen LogP contribution in [0.2, 0.25) is 0 Å². The summed E-state index contributed by atoms with van der Waals surface area (Å²) in [6, 6.07) is 5.73. The zero-order valence-electron chi connectivity index (χ0n) is 14.1. The van der Waals surface area contributed by atoms with Gasteiger partial charge < -0.3 is 19.7 Å². The Morgan fingerprint density at radius 3 is 2.75 bits per heavy atom. The van der Waals surface area contributed by atoms with Gasteiger partial charge in [-0.15, -0.1) is 0 Å². The molecule has 1 heterocycles. The Balaban J connectivity index is 1.75. The van der Waals surface area contributed by atoms with Crippen LogP contribution in [0.3, 0.4) is 0 Å². The smallest absolute Gasteiger partial charge is 0.250 e. The van der Waals surface area contributed by atoms with E-state index in [0.29, 0.717) is 24.1 Å². The lowest BCUT2D eigenvalue weighted by Crippen LogP contribution is -2.34. The van der Waals surface area contributed by atoms with E-state index in [1.807, 2.05) is 31.2 Å². The lowest BCUT2D eigenvalue weighted by molar-refractivity contribution is 0.311. The van der Waals surface area contributed by atoms with E-state index in [4.69, 9.17) is 19.7 Å². The number of nitrogens with zero attached hydrogens (tertiary/aromatic N) is 2. The van der Waals surface area contributed by atoms with Crippen molar-refractivity contribution in [2.75, 3.05) is 13.7 Å². The third kappa shape index (κ3) is 3.43. The van der Waals surface area contributed by atoms with Gasteiger partial charge in [-0.2, -0.15) is 4.98 Å². The Morgan fingerprint density at radius 1 is 1.25 bits per heavy atom. The average molecular weight is 329 g/mol. The number of rotatable bonds is 6. The molecular formula is C18H23N3O3. The van der Waals surface area contributed by atoms with Gasteiger partial charge in [0, 0.05) is 6.08 Å². The normalized spacial score (nSPS) is 16.6. The first-order valence-electron chi connectivity index (χ1n) is 8.26. The molecule has 6 heteroatoms. The summed E-state index contributed by atoms with van der Waals surface area (Å²) >= 11 is 0. The minimum atomic E-state index is -0.433. The van der Waals surface area contributed by atoms with Crippen LogP contribution < -0.4 is 15.2 Å². The fraction of sp³-hybridized carbons (Fsp3) is 0.444. The van der Waals surface area contributed by atoms with Crippen molar-refractivity contribution in [3.63, 3.8) is 0 Å². The van der Waals surface area contributed by atoms with Gasteiger partial charge in [0.25, 0.3) is 5.89 Å². The third-order valence-corrected chi connectivity index (χ3v) is 4.29. The number of benzene rings is 1. The molecule has 2 N–H and O–H groups in total. The van der Waals surface area contributed by atoms with Gasteiger partial charge >= 0.3 is 0 Å². The fourth-order valence-corrected chi connectivity index (χ4v) is 2.96. The summed E-state index contributed by atoms with van der Waals surface area (Å²) in [6.07, 6.45) is 7.72. The molecule has 0 amide bonds. The van der Waals surface area contributed by atoms with Crippen LogP contribution in [0.4, 0.5) is 0 Å². The Morgan fingerprint density at radius 2 is 2.04 bits per heavy atom. The van der Waals surface area contributed by atoms with Gasteiger partial charge in [-0.25, -0.2) is 0 Å². The zero-order chi connectivity index (χ0) is 17.0. The summed E-state index contributed by atoms with van der Waals surface area (Å²) in [7, 11) is 1.62. The quantitative estimate of drug-likeness (QED) is 0.875. The monoisotopic (exact) mass is 329 g/mol. The van der Waals surface area contributed by atoms with Crippen molar-refractivity contribution < 1.29 is 14.0 Å². The van der Waals surface area contributed by atoms with Crippen LogP contribution >= 0.6 is 0 Å². The number of methoxy groups -OCH3 is 1. The van der Waals surface area contributed by atoms with Crippen molar-refractivity contribution in [1.82, 2.24) is 10.1 Å². The van der Waals surface area contributed by atoms with E-state index >= 15 is 0 Å². The molecule has 0 aliphatic heterocycles. The highest BCUT2D eigenvalue weighted by Gasteiger charge is 2.35. The Hall–Kier alpha value is -2.34. The van der Waals surface area contributed by atoms with Crippen molar-refractivity contribution in [2.24, 2.45) is 5.73 Å². The molecule has 6 nitrogen and oxygen atoms in total. The number of ether oxygens (including phenoxy) is 2. The highest BCUT2D eigenvalue weighted by Crippen LogP contribution is 2.34. The van der Waals surface area contributed by atoms with E-state index in [2.05, 4.69) is 10.1 Å². The number of hydrogen-bond donors (Lipinski definition) is 1. The number of hydrogen-bond acceptors (Lipinski definition) is 6. The van der Waals surface area contributed by atoms with Crippen LogP contribution in [-0.2, 0) is 5.54 Å². The molecule has 0 atom stereocenters. The van der Waals surface area contributed by atoms with E-state index in [9.17, 15) is 0 Å². The van der Waals surface area contributed by atoms with Gasteiger partial charge in [0.1, 0.15) is 0 Å². The second-order valence-electron chi connectivity index (χ2n) is 6.00. The Labute approximate surface area is 141 Å². The molecular weight excluding hydrogens is 306 g/mol. The first kappa shape index (κ1) is 16.5. The molecule has 1 fully saturated rings. The molecule has 1 aliphatic rings. The van der Waals surface area contributed by atoms with Gasteiger partial charge in [-0.3, -0.25) is 0 Å². The Kier molecular flexibility index (Phi) is 4.85. The van der Waals surface area contributed by atoms with Gasteiger partial charge in [0.15, 0.2) is 17.3 Å². The molecule has 1 aromatic carbocycles. The van der Waals surface area contributed by atoms with E-state index in [1.54, 1.807) is 13.2 Å². The van der Waals surface area contributed by atoms with Crippen molar-refractivity contribution in [1.29, 1.82) is 0 Å². The predicted octanol–water partition coefficient (Wildman–Crippen LogP) is 3.38. The highest BCUT2D eigenvalue weighted by molar-refractivity contribution is 5.67. The molecule has 0 saturated heterocycles. The Bertz CT molecular complexity index is 718. The van der Waals surface area contributed by atoms with Crippen molar-refractivity contribution in [2.45, 2.75) is 38.1 Å². The number of aromatic nitrogens is 2. The first-order valence-corrected chi connectivity index (χ1v) is 8.26. The predicted molar refractivity (Wildman–Crippen MR) is 91.7 cm³/mol. The molecule has 0 spiro atoms. The molecule has 1 aromatic heterocycles.